The molecule has 5 rings (SSSR count). The van der Waals surface area contributed by atoms with E-state index in [9.17, 15) is 9.90 Å². The van der Waals surface area contributed by atoms with E-state index in [0.717, 1.165) is 60.4 Å². The van der Waals surface area contributed by atoms with Crippen LogP contribution in [0.4, 0.5) is 4.79 Å². The molecule has 1 fully saturated rings. The van der Waals surface area contributed by atoms with Crippen molar-refractivity contribution < 1.29 is 24.5 Å². The highest BCUT2D eigenvalue weighted by Gasteiger charge is 2.35. The molecule has 8 nitrogen and oxygen atoms in total. The maximum Gasteiger partial charge on any atom is 0.411 e. The first kappa shape index (κ1) is 28.3. The van der Waals surface area contributed by atoms with E-state index in [1.165, 1.54) is 5.56 Å². The average Bonchev–Trinajstić information content (AvgIpc) is 3.34. The highest BCUT2D eigenvalue weighted by Crippen LogP contribution is 2.40. The fourth-order valence-electron chi connectivity index (χ4n) is 5.65. The van der Waals surface area contributed by atoms with Gasteiger partial charge < -0.3 is 29.6 Å². The van der Waals surface area contributed by atoms with Gasteiger partial charge in [0.25, 0.3) is 0 Å². The van der Waals surface area contributed by atoms with Gasteiger partial charge in [-0.3, -0.25) is 4.90 Å². The smallest absolute Gasteiger partial charge is 0.411 e. The number of aromatic nitrogens is 1. The van der Waals surface area contributed by atoms with Gasteiger partial charge in [-0.15, -0.1) is 5.92 Å². The first-order valence-corrected chi connectivity index (χ1v) is 14.3. The molecular formula is C31H36ClN3O5. The predicted octanol–water partition coefficient (Wildman–Crippen LogP) is 4.52. The Bertz CT molecular complexity index is 1370. The van der Waals surface area contributed by atoms with E-state index in [-0.39, 0.29) is 25.4 Å². The average molecular weight is 566 g/mol. The summed E-state index contributed by atoms with van der Waals surface area (Å²) in [7, 11) is 0. The van der Waals surface area contributed by atoms with Crippen molar-refractivity contribution in [2.24, 2.45) is 0 Å². The van der Waals surface area contributed by atoms with Gasteiger partial charge >= 0.3 is 6.09 Å². The van der Waals surface area contributed by atoms with Crippen molar-refractivity contribution >= 4 is 28.6 Å². The second-order valence-electron chi connectivity index (χ2n) is 10.4. The summed E-state index contributed by atoms with van der Waals surface area (Å²) in [5, 5.41) is 20.4. The second kappa shape index (κ2) is 13.0. The molecule has 212 valence electrons. The minimum Gasteiger partial charge on any atom is -0.490 e. The van der Waals surface area contributed by atoms with Crippen molar-refractivity contribution in [2.75, 3.05) is 39.4 Å². The monoisotopic (exact) mass is 565 g/mol. The number of piperidine rings is 1. The molecule has 3 heterocycles. The molecule has 0 saturated carbocycles. The van der Waals surface area contributed by atoms with Crippen molar-refractivity contribution in [1.82, 2.24) is 14.8 Å². The lowest BCUT2D eigenvalue weighted by Gasteiger charge is -2.35. The molecule has 2 aliphatic rings. The normalized spacial score (nSPS) is 18.6. The Morgan fingerprint density at radius 3 is 2.67 bits per heavy atom. The van der Waals surface area contributed by atoms with Crippen molar-refractivity contribution in [2.45, 2.75) is 50.9 Å². The van der Waals surface area contributed by atoms with E-state index >= 15 is 0 Å². The van der Waals surface area contributed by atoms with Crippen LogP contribution in [0.2, 0.25) is 5.02 Å². The standard InChI is InChI=1S/C31H36ClN3O5/c1-2-3-18-39-31(38)35-17-13-26-27-19-22(32)6-9-28(27)33-29(26)30(35)21-4-7-24(8-5-21)40-25-11-15-34(16-12-25)14-10-23(37)20-36/h4-9,19,23,25,30,33,36-37H,10-18,20H2,1H3/t23-,30-/m0/s1. The van der Waals surface area contributed by atoms with Crippen LogP contribution in [0.25, 0.3) is 10.9 Å². The zero-order valence-corrected chi connectivity index (χ0v) is 23.5. The van der Waals surface area contributed by atoms with Crippen molar-refractivity contribution in [1.29, 1.82) is 0 Å². The third kappa shape index (κ3) is 6.39. The number of aliphatic hydroxyl groups excluding tert-OH is 2. The molecule has 3 aromatic rings. The number of rotatable bonds is 8. The number of hydrogen-bond donors (Lipinski definition) is 3. The molecule has 1 amide bonds. The van der Waals surface area contributed by atoms with Gasteiger partial charge in [0.2, 0.25) is 0 Å². The Morgan fingerprint density at radius 1 is 1.18 bits per heavy atom. The zero-order chi connectivity index (χ0) is 28.1. The number of halogens is 1. The van der Waals surface area contributed by atoms with Crippen LogP contribution in [-0.4, -0.2) is 82.7 Å². The molecular weight excluding hydrogens is 530 g/mol. The summed E-state index contributed by atoms with van der Waals surface area (Å²) in [6.07, 6.45) is 2.15. The number of hydrogen-bond acceptors (Lipinski definition) is 6. The largest absolute Gasteiger partial charge is 0.490 e. The molecule has 2 atom stereocenters. The van der Waals surface area contributed by atoms with E-state index < -0.39 is 12.2 Å². The van der Waals surface area contributed by atoms with Crippen LogP contribution >= 0.6 is 11.6 Å². The predicted molar refractivity (Wildman–Crippen MR) is 155 cm³/mol. The molecule has 9 heteroatoms. The third-order valence-corrected chi connectivity index (χ3v) is 8.03. The van der Waals surface area contributed by atoms with Gasteiger partial charge in [0.1, 0.15) is 17.9 Å². The molecule has 1 saturated heterocycles. The third-order valence-electron chi connectivity index (χ3n) is 7.79. The quantitative estimate of drug-likeness (QED) is 0.348. The molecule has 3 N–H and O–H groups in total. The summed E-state index contributed by atoms with van der Waals surface area (Å²) in [6, 6.07) is 13.5. The van der Waals surface area contributed by atoms with E-state index in [1.54, 1.807) is 11.8 Å². The van der Waals surface area contributed by atoms with E-state index in [4.69, 9.17) is 26.2 Å². The molecule has 1 aromatic heterocycles. The number of amides is 1. The summed E-state index contributed by atoms with van der Waals surface area (Å²) in [6.45, 7) is 4.67. The van der Waals surface area contributed by atoms with Crippen LogP contribution in [0.1, 0.15) is 49.0 Å². The van der Waals surface area contributed by atoms with Gasteiger partial charge in [-0.2, -0.15) is 0 Å². The number of benzene rings is 2. The topological polar surface area (TPSA) is 98.3 Å². The Hall–Kier alpha value is -3.22. The Kier molecular flexibility index (Phi) is 9.18. The van der Waals surface area contributed by atoms with Gasteiger partial charge in [0, 0.05) is 47.8 Å². The molecule has 0 unspecified atom stereocenters. The summed E-state index contributed by atoms with van der Waals surface area (Å²) >= 11 is 6.31. The van der Waals surface area contributed by atoms with Crippen LogP contribution in [0.15, 0.2) is 42.5 Å². The number of aromatic amines is 1. The van der Waals surface area contributed by atoms with E-state index in [0.29, 0.717) is 24.4 Å². The van der Waals surface area contributed by atoms with Gasteiger partial charge in [-0.1, -0.05) is 29.7 Å². The van der Waals surface area contributed by atoms with E-state index in [2.05, 4.69) is 21.7 Å². The Morgan fingerprint density at radius 2 is 1.95 bits per heavy atom. The first-order valence-electron chi connectivity index (χ1n) is 13.9. The number of carbonyl (C=O) groups excluding carboxylic acids is 1. The van der Waals surface area contributed by atoms with Gasteiger partial charge in [-0.05, 0) is 74.1 Å². The number of nitrogens with one attached hydrogen (secondary N) is 1. The van der Waals surface area contributed by atoms with Crippen LogP contribution in [0.5, 0.6) is 5.75 Å². The number of likely N-dealkylation sites (tertiary alicyclic amines) is 1. The minimum atomic E-state index is -0.655. The number of fused-ring (bicyclic) bond motifs is 3. The van der Waals surface area contributed by atoms with Crippen LogP contribution < -0.4 is 4.74 Å². The maximum absolute atomic E-state index is 13.1. The first-order chi connectivity index (χ1) is 19.5. The number of H-pyrrole nitrogens is 1. The van der Waals surface area contributed by atoms with Crippen molar-refractivity contribution in [3.63, 3.8) is 0 Å². The minimum absolute atomic E-state index is 0.0569. The molecule has 2 aliphatic heterocycles. The Balaban J connectivity index is 1.32. The van der Waals surface area contributed by atoms with Crippen molar-refractivity contribution in [3.8, 4) is 17.6 Å². The molecule has 0 bridgehead atoms. The molecule has 0 radical (unpaired) electrons. The summed E-state index contributed by atoms with van der Waals surface area (Å²) in [5.74, 6) is 6.36. The van der Waals surface area contributed by atoms with Crippen molar-refractivity contribution in [3.05, 3.63) is 64.3 Å². The fraction of sp³-hybridized carbons (Fsp3) is 0.452. The molecule has 0 spiro atoms. The van der Waals surface area contributed by atoms with Gasteiger partial charge in [0.15, 0.2) is 6.61 Å². The lowest BCUT2D eigenvalue weighted by molar-refractivity contribution is 0.0608. The summed E-state index contributed by atoms with van der Waals surface area (Å²) in [5.41, 5.74) is 4.08. The van der Waals surface area contributed by atoms with Crippen LogP contribution in [0.3, 0.4) is 0 Å². The summed E-state index contributed by atoms with van der Waals surface area (Å²) < 4.78 is 11.8. The zero-order valence-electron chi connectivity index (χ0n) is 22.7. The number of ether oxygens (including phenoxy) is 2. The Labute approximate surface area is 239 Å². The number of aliphatic hydroxyl groups is 2. The SMILES string of the molecule is CC#CCOC(=O)N1CCc2c([nH]c3ccc(Cl)cc23)[C@@H]1c1ccc(OC2CCN(CC[C@H](O)CO)CC2)cc1. The second-order valence-corrected chi connectivity index (χ2v) is 10.8. The molecule has 2 aromatic carbocycles. The van der Waals surface area contributed by atoms with E-state index in [1.807, 2.05) is 42.5 Å². The van der Waals surface area contributed by atoms with Gasteiger partial charge in [0.05, 0.1) is 12.7 Å². The van der Waals surface area contributed by atoms with Gasteiger partial charge in [-0.25, -0.2) is 4.79 Å². The number of carbonyl (C=O) groups is 1. The van der Waals surface area contributed by atoms with Crippen LogP contribution in [0, 0.1) is 11.8 Å². The highest BCUT2D eigenvalue weighted by atomic mass is 35.5. The lowest BCUT2D eigenvalue weighted by Crippen LogP contribution is -2.41. The van der Waals surface area contributed by atoms with Crippen LogP contribution in [-0.2, 0) is 11.2 Å². The maximum atomic E-state index is 13.1. The highest BCUT2D eigenvalue weighted by molar-refractivity contribution is 6.31. The molecule has 0 aliphatic carbocycles. The lowest BCUT2D eigenvalue weighted by atomic mass is 9.92. The fourth-order valence-corrected chi connectivity index (χ4v) is 5.82. The molecule has 40 heavy (non-hydrogen) atoms. The number of nitrogens with zero attached hydrogens (tertiary/aromatic N) is 2. The summed E-state index contributed by atoms with van der Waals surface area (Å²) in [4.78, 5) is 20.7.